The first-order chi connectivity index (χ1) is 9.92. The van der Waals surface area contributed by atoms with Crippen molar-refractivity contribution in [3.63, 3.8) is 0 Å². The Morgan fingerprint density at radius 3 is 2.62 bits per heavy atom. The number of allylic oxidation sites excluding steroid dienone is 10. The van der Waals surface area contributed by atoms with Gasteiger partial charge in [-0.25, -0.2) is 0 Å². The molecule has 21 heavy (non-hydrogen) atoms. The lowest BCUT2D eigenvalue weighted by Gasteiger charge is -2.22. The van der Waals surface area contributed by atoms with E-state index >= 15 is 0 Å². The van der Waals surface area contributed by atoms with Crippen LogP contribution < -0.4 is 5.84 Å². The molecule has 2 nitrogen and oxygen atoms in total. The van der Waals surface area contributed by atoms with E-state index in [-0.39, 0.29) is 11.8 Å². The molecule has 0 aromatic carbocycles. The molecule has 2 unspecified atom stereocenters. The lowest BCUT2D eigenvalue weighted by molar-refractivity contribution is 0.739. The van der Waals surface area contributed by atoms with Crippen LogP contribution in [0.2, 0.25) is 0 Å². The van der Waals surface area contributed by atoms with Gasteiger partial charge >= 0.3 is 0 Å². The van der Waals surface area contributed by atoms with E-state index in [1.807, 2.05) is 45.1 Å². The van der Waals surface area contributed by atoms with E-state index in [0.29, 0.717) is 0 Å². The van der Waals surface area contributed by atoms with Crippen molar-refractivity contribution < 1.29 is 0 Å². The fraction of sp³-hybridized carbons (Fsp3) is 0.316. The van der Waals surface area contributed by atoms with Crippen molar-refractivity contribution in [2.45, 2.75) is 27.7 Å². The van der Waals surface area contributed by atoms with Gasteiger partial charge in [-0.2, -0.15) is 5.10 Å². The highest BCUT2D eigenvalue weighted by Crippen LogP contribution is 2.29. The molecule has 0 heterocycles. The molecule has 0 spiro atoms. The van der Waals surface area contributed by atoms with E-state index in [1.54, 1.807) is 0 Å². The summed E-state index contributed by atoms with van der Waals surface area (Å²) in [5.41, 5.74) is 5.04. The first kappa shape index (κ1) is 17.0. The quantitative estimate of drug-likeness (QED) is 0.445. The molecule has 0 aromatic rings. The van der Waals surface area contributed by atoms with Gasteiger partial charge in [-0.15, -0.1) is 0 Å². The summed E-state index contributed by atoms with van der Waals surface area (Å²) < 4.78 is 0. The second-order valence-corrected chi connectivity index (χ2v) is 5.52. The number of hydrogen-bond acceptors (Lipinski definition) is 2. The number of nitrogens with two attached hydrogens (primary N) is 1. The number of nitrogens with zero attached hydrogens (tertiary/aromatic N) is 1. The average molecular weight is 282 g/mol. The first-order valence-corrected chi connectivity index (χ1v) is 7.24. The molecule has 2 heteroatoms. The topological polar surface area (TPSA) is 38.4 Å². The fourth-order valence-corrected chi connectivity index (χ4v) is 2.39. The lowest BCUT2D eigenvalue weighted by Crippen LogP contribution is -2.13. The van der Waals surface area contributed by atoms with E-state index in [2.05, 4.69) is 37.3 Å². The summed E-state index contributed by atoms with van der Waals surface area (Å²) in [5.74, 6) is 6.01. The van der Waals surface area contributed by atoms with Crippen molar-refractivity contribution in [3.8, 4) is 0 Å². The van der Waals surface area contributed by atoms with E-state index in [1.165, 1.54) is 0 Å². The maximum Gasteiger partial charge on any atom is 0.0925 e. The van der Waals surface area contributed by atoms with Gasteiger partial charge in [-0.3, -0.25) is 0 Å². The van der Waals surface area contributed by atoms with Gasteiger partial charge in [0.1, 0.15) is 0 Å². The van der Waals surface area contributed by atoms with Crippen molar-refractivity contribution in [2.75, 3.05) is 0 Å². The highest BCUT2D eigenvalue weighted by atomic mass is 15.1. The van der Waals surface area contributed by atoms with E-state index in [4.69, 9.17) is 5.84 Å². The predicted octanol–water partition coefficient (Wildman–Crippen LogP) is 4.70. The Balaban J connectivity index is 3.54. The second-order valence-electron chi connectivity index (χ2n) is 5.52. The van der Waals surface area contributed by atoms with Gasteiger partial charge in [0.05, 0.1) is 5.71 Å². The van der Waals surface area contributed by atoms with Gasteiger partial charge in [0.2, 0.25) is 0 Å². The Morgan fingerprint density at radius 1 is 1.43 bits per heavy atom. The smallest absolute Gasteiger partial charge is 0.0925 e. The molecular formula is C19H26N2. The van der Waals surface area contributed by atoms with Gasteiger partial charge in [0.25, 0.3) is 0 Å². The van der Waals surface area contributed by atoms with Crippen molar-refractivity contribution in [3.05, 3.63) is 71.9 Å². The molecule has 0 saturated heterocycles. The van der Waals surface area contributed by atoms with Crippen LogP contribution in [0.1, 0.15) is 27.7 Å². The largest absolute Gasteiger partial charge is 0.323 e. The third-order valence-electron chi connectivity index (χ3n) is 3.73. The zero-order valence-corrected chi connectivity index (χ0v) is 13.6. The summed E-state index contributed by atoms with van der Waals surface area (Å²) in [6.45, 7) is 16.6. The summed E-state index contributed by atoms with van der Waals surface area (Å²) in [5, 5.41) is 3.98. The van der Waals surface area contributed by atoms with Crippen LogP contribution in [0.15, 0.2) is 77.0 Å². The Kier molecular flexibility index (Phi) is 6.16. The normalized spacial score (nSPS) is 29.9. The summed E-state index contributed by atoms with van der Waals surface area (Å²) in [6, 6.07) is 0. The predicted molar refractivity (Wildman–Crippen MR) is 94.0 cm³/mol. The second kappa shape index (κ2) is 7.63. The Bertz CT molecular complexity index is 568. The zero-order valence-electron chi connectivity index (χ0n) is 13.6. The molecule has 2 N–H and O–H groups in total. The SMILES string of the molecule is C=C(C)C1/C=C(\C=C/C)/C(=N/N)C(C)=C/C=C\C(C)C1=C. The molecule has 0 fully saturated rings. The maximum absolute atomic E-state index is 5.61. The Morgan fingerprint density at radius 2 is 2.10 bits per heavy atom. The van der Waals surface area contributed by atoms with E-state index < -0.39 is 0 Å². The lowest BCUT2D eigenvalue weighted by atomic mass is 9.82. The van der Waals surface area contributed by atoms with Crippen molar-refractivity contribution in [1.29, 1.82) is 0 Å². The van der Waals surface area contributed by atoms with Crippen molar-refractivity contribution >= 4 is 5.71 Å². The van der Waals surface area contributed by atoms with Crippen molar-refractivity contribution in [1.82, 2.24) is 0 Å². The summed E-state index contributed by atoms with van der Waals surface area (Å²) in [6.07, 6.45) is 12.4. The minimum absolute atomic E-state index is 0.110. The molecule has 2 atom stereocenters. The molecule has 0 radical (unpaired) electrons. The number of hydrazone groups is 1. The Hall–Kier alpha value is -2.09. The summed E-state index contributed by atoms with van der Waals surface area (Å²) in [4.78, 5) is 0. The molecule has 1 aliphatic rings. The van der Waals surface area contributed by atoms with Gasteiger partial charge in [0.15, 0.2) is 0 Å². The van der Waals surface area contributed by atoms with Crippen LogP contribution in [0.5, 0.6) is 0 Å². The Labute approximate surface area is 128 Å². The number of hydrogen-bond donors (Lipinski definition) is 1. The monoisotopic (exact) mass is 282 g/mol. The van der Waals surface area contributed by atoms with Crippen LogP contribution in [0.4, 0.5) is 0 Å². The number of rotatable bonds is 2. The van der Waals surface area contributed by atoms with Crippen LogP contribution >= 0.6 is 0 Å². The van der Waals surface area contributed by atoms with Gasteiger partial charge in [-0.1, -0.05) is 67.7 Å². The summed E-state index contributed by atoms with van der Waals surface area (Å²) in [7, 11) is 0. The molecule has 0 aliphatic heterocycles. The molecule has 112 valence electrons. The van der Waals surface area contributed by atoms with E-state index in [9.17, 15) is 0 Å². The van der Waals surface area contributed by atoms with Crippen LogP contribution in [0.25, 0.3) is 0 Å². The highest BCUT2D eigenvalue weighted by molar-refractivity contribution is 6.13. The minimum atomic E-state index is 0.110. The fourth-order valence-electron chi connectivity index (χ4n) is 2.39. The van der Waals surface area contributed by atoms with E-state index in [0.717, 1.165) is 28.0 Å². The van der Waals surface area contributed by atoms with Gasteiger partial charge < -0.3 is 5.84 Å². The maximum atomic E-state index is 5.61. The van der Waals surface area contributed by atoms with Crippen LogP contribution in [0, 0.1) is 11.8 Å². The molecule has 1 rings (SSSR count). The first-order valence-electron chi connectivity index (χ1n) is 7.24. The summed E-state index contributed by atoms with van der Waals surface area (Å²) >= 11 is 0. The molecule has 0 aromatic heterocycles. The molecule has 0 saturated carbocycles. The molecular weight excluding hydrogens is 256 g/mol. The zero-order chi connectivity index (χ0) is 16.0. The highest BCUT2D eigenvalue weighted by Gasteiger charge is 2.18. The van der Waals surface area contributed by atoms with Crippen molar-refractivity contribution in [2.24, 2.45) is 22.8 Å². The van der Waals surface area contributed by atoms with Gasteiger partial charge in [0, 0.05) is 5.92 Å². The van der Waals surface area contributed by atoms with Crippen LogP contribution in [-0.4, -0.2) is 5.71 Å². The van der Waals surface area contributed by atoms with Gasteiger partial charge in [-0.05, 0) is 37.8 Å². The standard InChI is InChI=1S/C19H26N2/c1-7-9-17-12-18(13(2)3)16(6)14(4)10-8-11-15(5)19(17)21-20/h7-12,14,18H,2,6,20H2,1,3-5H3/b9-7-,10-8-,15-11?,17-12+,21-19+. The third-order valence-corrected chi connectivity index (χ3v) is 3.73. The molecule has 1 aliphatic carbocycles. The van der Waals surface area contributed by atoms with Crippen LogP contribution in [0.3, 0.4) is 0 Å². The van der Waals surface area contributed by atoms with Crippen LogP contribution in [-0.2, 0) is 0 Å². The molecule has 0 amide bonds. The molecule has 0 bridgehead atoms. The average Bonchev–Trinajstić information content (AvgIpc) is 2.43. The minimum Gasteiger partial charge on any atom is -0.323 e. The third kappa shape index (κ3) is 4.19.